The number of nitrogens with two attached hydrogens (primary N) is 1. The van der Waals surface area contributed by atoms with Gasteiger partial charge in [-0.3, -0.25) is 14.4 Å². The normalized spacial score (nSPS) is 19.2. The predicted octanol–water partition coefficient (Wildman–Crippen LogP) is -0.201. The molecular formula is C14H25N3O4. The fourth-order valence-corrected chi connectivity index (χ4v) is 2.16. The van der Waals surface area contributed by atoms with Crippen molar-refractivity contribution in [2.45, 2.75) is 39.7 Å². The van der Waals surface area contributed by atoms with E-state index in [0.717, 1.165) is 0 Å². The number of carbonyl (C=O) groups excluding carboxylic acids is 2. The number of aliphatic carboxylic acids is 1. The van der Waals surface area contributed by atoms with Crippen LogP contribution in [0.25, 0.3) is 0 Å². The van der Waals surface area contributed by atoms with Crippen molar-refractivity contribution in [3.63, 3.8) is 0 Å². The lowest BCUT2D eigenvalue weighted by atomic mass is 9.80. The highest BCUT2D eigenvalue weighted by Gasteiger charge is 2.37. The molecule has 2 amide bonds. The molecule has 0 aliphatic carbocycles. The molecule has 7 heteroatoms. The van der Waals surface area contributed by atoms with Gasteiger partial charge in [0.05, 0.1) is 18.0 Å². The van der Waals surface area contributed by atoms with E-state index in [4.69, 9.17) is 10.8 Å². The molecule has 1 rings (SSSR count). The van der Waals surface area contributed by atoms with Gasteiger partial charge < -0.3 is 21.1 Å². The lowest BCUT2D eigenvalue weighted by Gasteiger charge is -2.36. The molecule has 0 saturated carbocycles. The van der Waals surface area contributed by atoms with Crippen LogP contribution in [0.3, 0.4) is 0 Å². The van der Waals surface area contributed by atoms with Crippen LogP contribution in [0.2, 0.25) is 0 Å². The summed E-state index contributed by atoms with van der Waals surface area (Å²) in [5.74, 6) is -1.37. The van der Waals surface area contributed by atoms with Gasteiger partial charge in [-0.05, 0) is 25.7 Å². The van der Waals surface area contributed by atoms with Crippen LogP contribution in [0, 0.1) is 11.3 Å². The Balaban J connectivity index is 2.42. The third kappa shape index (κ3) is 4.42. The second-order valence-electron chi connectivity index (χ2n) is 6.23. The minimum absolute atomic E-state index is 0.00589. The summed E-state index contributed by atoms with van der Waals surface area (Å²) in [4.78, 5) is 36.4. The summed E-state index contributed by atoms with van der Waals surface area (Å²) in [6.45, 7) is 6.07. The van der Waals surface area contributed by atoms with E-state index in [9.17, 15) is 14.4 Å². The van der Waals surface area contributed by atoms with Crippen molar-refractivity contribution >= 4 is 17.8 Å². The van der Waals surface area contributed by atoms with Crippen molar-refractivity contribution in [3.05, 3.63) is 0 Å². The molecule has 0 radical (unpaired) electrons. The van der Waals surface area contributed by atoms with Gasteiger partial charge in [0.15, 0.2) is 0 Å². The molecule has 1 saturated heterocycles. The molecule has 1 atom stereocenters. The van der Waals surface area contributed by atoms with Gasteiger partial charge >= 0.3 is 5.97 Å². The number of amides is 2. The second kappa shape index (κ2) is 6.89. The smallest absolute Gasteiger partial charge is 0.309 e. The zero-order valence-electron chi connectivity index (χ0n) is 12.9. The first-order valence-electron chi connectivity index (χ1n) is 7.22. The zero-order valence-corrected chi connectivity index (χ0v) is 12.9. The molecule has 0 unspecified atom stereocenters. The summed E-state index contributed by atoms with van der Waals surface area (Å²) in [5, 5.41) is 11.7. The quantitative estimate of drug-likeness (QED) is 0.650. The molecule has 0 bridgehead atoms. The van der Waals surface area contributed by atoms with Crippen molar-refractivity contribution in [2.75, 3.05) is 19.6 Å². The SMILES string of the molecule is CC(C)[C@H](N)C(=O)NCC(=O)N1CCC(C)(C(=O)O)CC1. The molecule has 0 aromatic heterocycles. The van der Waals surface area contributed by atoms with E-state index in [2.05, 4.69) is 5.32 Å². The second-order valence-corrected chi connectivity index (χ2v) is 6.23. The number of nitrogens with zero attached hydrogens (tertiary/aromatic N) is 1. The molecule has 0 aromatic carbocycles. The Kier molecular flexibility index (Phi) is 5.71. The molecule has 0 aromatic rings. The van der Waals surface area contributed by atoms with Crippen LogP contribution < -0.4 is 11.1 Å². The third-order valence-electron chi connectivity index (χ3n) is 4.17. The van der Waals surface area contributed by atoms with Crippen molar-refractivity contribution in [1.29, 1.82) is 0 Å². The Morgan fingerprint density at radius 3 is 2.24 bits per heavy atom. The average molecular weight is 299 g/mol. The van der Waals surface area contributed by atoms with Crippen LogP contribution in [0.1, 0.15) is 33.6 Å². The van der Waals surface area contributed by atoms with Gasteiger partial charge in [0.25, 0.3) is 0 Å². The summed E-state index contributed by atoms with van der Waals surface area (Å²) >= 11 is 0. The average Bonchev–Trinajstić information content (AvgIpc) is 2.44. The van der Waals surface area contributed by atoms with Gasteiger partial charge in [0.2, 0.25) is 11.8 Å². The van der Waals surface area contributed by atoms with Gasteiger partial charge in [0.1, 0.15) is 0 Å². The molecule has 120 valence electrons. The number of nitrogens with one attached hydrogen (secondary N) is 1. The number of carboxylic acids is 1. The summed E-state index contributed by atoms with van der Waals surface area (Å²) in [6.07, 6.45) is 0.848. The van der Waals surface area contributed by atoms with Gasteiger partial charge in [-0.25, -0.2) is 0 Å². The standard InChI is InChI=1S/C14H25N3O4/c1-9(2)11(15)12(19)16-8-10(18)17-6-4-14(3,5-7-17)13(20)21/h9,11H,4-8,15H2,1-3H3,(H,16,19)(H,20,21)/t11-/m0/s1. The summed E-state index contributed by atoms with van der Waals surface area (Å²) in [6, 6.07) is -0.630. The van der Waals surface area contributed by atoms with E-state index in [1.54, 1.807) is 11.8 Å². The minimum atomic E-state index is -0.828. The van der Waals surface area contributed by atoms with E-state index in [-0.39, 0.29) is 24.3 Å². The predicted molar refractivity (Wildman–Crippen MR) is 77.4 cm³/mol. The van der Waals surface area contributed by atoms with Crippen molar-refractivity contribution in [1.82, 2.24) is 10.2 Å². The highest BCUT2D eigenvalue weighted by atomic mass is 16.4. The van der Waals surface area contributed by atoms with Crippen LogP contribution in [-0.4, -0.2) is 53.5 Å². The van der Waals surface area contributed by atoms with Crippen molar-refractivity contribution < 1.29 is 19.5 Å². The maximum Gasteiger partial charge on any atom is 0.309 e. The highest BCUT2D eigenvalue weighted by molar-refractivity contribution is 5.87. The van der Waals surface area contributed by atoms with Gasteiger partial charge in [-0.1, -0.05) is 13.8 Å². The van der Waals surface area contributed by atoms with E-state index in [1.807, 2.05) is 13.8 Å². The Bertz CT molecular complexity index is 414. The molecule has 1 fully saturated rings. The van der Waals surface area contributed by atoms with Crippen LogP contribution >= 0.6 is 0 Å². The molecule has 1 heterocycles. The Morgan fingerprint density at radius 2 is 1.81 bits per heavy atom. The Morgan fingerprint density at radius 1 is 1.29 bits per heavy atom. The van der Waals surface area contributed by atoms with Crippen LogP contribution in [0.15, 0.2) is 0 Å². The number of piperidine rings is 1. The molecule has 4 N–H and O–H groups in total. The number of likely N-dealkylation sites (tertiary alicyclic amines) is 1. The topological polar surface area (TPSA) is 113 Å². The summed E-state index contributed by atoms with van der Waals surface area (Å²) < 4.78 is 0. The number of hydrogen-bond donors (Lipinski definition) is 3. The van der Waals surface area contributed by atoms with Crippen molar-refractivity contribution in [2.24, 2.45) is 17.1 Å². The highest BCUT2D eigenvalue weighted by Crippen LogP contribution is 2.30. The van der Waals surface area contributed by atoms with E-state index in [1.165, 1.54) is 0 Å². The molecule has 21 heavy (non-hydrogen) atoms. The Hall–Kier alpha value is -1.63. The molecule has 1 aliphatic rings. The monoisotopic (exact) mass is 299 g/mol. The van der Waals surface area contributed by atoms with Gasteiger partial charge in [-0.15, -0.1) is 0 Å². The minimum Gasteiger partial charge on any atom is -0.481 e. The van der Waals surface area contributed by atoms with E-state index < -0.39 is 17.4 Å². The number of carboxylic acid groups (broad SMARTS) is 1. The van der Waals surface area contributed by atoms with E-state index in [0.29, 0.717) is 25.9 Å². The zero-order chi connectivity index (χ0) is 16.2. The molecular weight excluding hydrogens is 274 g/mol. The van der Waals surface area contributed by atoms with Crippen LogP contribution in [-0.2, 0) is 14.4 Å². The maximum atomic E-state index is 12.0. The number of hydrogen-bond acceptors (Lipinski definition) is 4. The van der Waals surface area contributed by atoms with Gasteiger partial charge in [-0.2, -0.15) is 0 Å². The Labute approximate surface area is 124 Å². The molecule has 0 spiro atoms. The number of carbonyl (C=O) groups is 3. The maximum absolute atomic E-state index is 12.0. The largest absolute Gasteiger partial charge is 0.481 e. The first kappa shape index (κ1) is 17.4. The summed E-state index contributed by atoms with van der Waals surface area (Å²) in [7, 11) is 0. The molecule has 7 nitrogen and oxygen atoms in total. The van der Waals surface area contributed by atoms with Crippen LogP contribution in [0.5, 0.6) is 0 Å². The first-order valence-corrected chi connectivity index (χ1v) is 7.22. The number of rotatable bonds is 5. The lowest BCUT2D eigenvalue weighted by Crippen LogP contribution is -2.50. The lowest BCUT2D eigenvalue weighted by molar-refractivity contribution is -0.152. The first-order chi connectivity index (χ1) is 9.67. The molecule has 1 aliphatic heterocycles. The summed E-state index contributed by atoms with van der Waals surface area (Å²) in [5.41, 5.74) is 4.93. The third-order valence-corrected chi connectivity index (χ3v) is 4.17. The van der Waals surface area contributed by atoms with E-state index >= 15 is 0 Å². The fourth-order valence-electron chi connectivity index (χ4n) is 2.16. The van der Waals surface area contributed by atoms with Gasteiger partial charge in [0, 0.05) is 13.1 Å². The fraction of sp³-hybridized carbons (Fsp3) is 0.786. The van der Waals surface area contributed by atoms with Crippen LogP contribution in [0.4, 0.5) is 0 Å². The van der Waals surface area contributed by atoms with Crippen molar-refractivity contribution in [3.8, 4) is 0 Å².